The van der Waals surface area contributed by atoms with Crippen LogP contribution in [0.15, 0.2) is 23.1 Å². The monoisotopic (exact) mass is 310 g/mol. The molecule has 0 spiro atoms. The zero-order valence-electron chi connectivity index (χ0n) is 13.1. The molecular formula is C16H26N2O2S. The van der Waals surface area contributed by atoms with E-state index in [9.17, 15) is 8.42 Å². The molecule has 0 saturated carbocycles. The van der Waals surface area contributed by atoms with Crippen molar-refractivity contribution in [2.45, 2.75) is 31.6 Å². The van der Waals surface area contributed by atoms with Gasteiger partial charge in [-0.2, -0.15) is 0 Å². The summed E-state index contributed by atoms with van der Waals surface area (Å²) in [6.45, 7) is 8.99. The van der Waals surface area contributed by atoms with Crippen LogP contribution in [0.2, 0.25) is 0 Å². The summed E-state index contributed by atoms with van der Waals surface area (Å²) in [4.78, 5) is 2.93. The first-order chi connectivity index (χ1) is 10.0. The lowest BCUT2D eigenvalue weighted by atomic mass is 10.1. The molecule has 1 aliphatic heterocycles. The Bertz CT molecular complexity index is 564. The maximum atomic E-state index is 12.4. The van der Waals surface area contributed by atoms with Crippen LogP contribution in [0.3, 0.4) is 0 Å². The highest BCUT2D eigenvalue weighted by Gasteiger charge is 2.18. The van der Waals surface area contributed by atoms with Gasteiger partial charge in [-0.05, 0) is 31.4 Å². The highest BCUT2D eigenvalue weighted by molar-refractivity contribution is 7.91. The molecule has 5 heteroatoms. The molecular weight excluding hydrogens is 284 g/mol. The molecule has 0 radical (unpaired) electrons. The molecule has 4 nitrogen and oxygen atoms in total. The number of piperazine rings is 1. The number of nitrogens with one attached hydrogen (secondary N) is 1. The minimum absolute atomic E-state index is 0.233. The Morgan fingerprint density at radius 3 is 2.62 bits per heavy atom. The molecule has 1 heterocycles. The van der Waals surface area contributed by atoms with Gasteiger partial charge in [-0.15, -0.1) is 0 Å². The third kappa shape index (κ3) is 4.53. The quantitative estimate of drug-likeness (QED) is 0.867. The number of aryl methyl sites for hydroxylation is 1. The lowest BCUT2D eigenvalue weighted by Gasteiger charge is -2.27. The molecule has 0 aliphatic carbocycles. The summed E-state index contributed by atoms with van der Waals surface area (Å²) in [5, 5.41) is 3.34. The van der Waals surface area contributed by atoms with Gasteiger partial charge in [-0.1, -0.05) is 24.6 Å². The van der Waals surface area contributed by atoms with Crippen LogP contribution in [0.5, 0.6) is 0 Å². The van der Waals surface area contributed by atoms with Gasteiger partial charge in [0.25, 0.3) is 0 Å². The number of hydrogen-bond donors (Lipinski definition) is 1. The maximum Gasteiger partial charge on any atom is 0.178 e. The zero-order chi connectivity index (χ0) is 15.3. The second-order valence-corrected chi connectivity index (χ2v) is 7.85. The average Bonchev–Trinajstić information content (AvgIpc) is 2.46. The van der Waals surface area contributed by atoms with Crippen molar-refractivity contribution in [1.29, 1.82) is 0 Å². The fraction of sp³-hybridized carbons (Fsp3) is 0.625. The van der Waals surface area contributed by atoms with E-state index in [0.717, 1.165) is 50.3 Å². The summed E-state index contributed by atoms with van der Waals surface area (Å²) < 4.78 is 24.8. The standard InChI is InChI=1S/C16H26N2O2S/c1-3-12-21(19,20)16-5-4-14(2)13-15(16)6-9-18-10-7-17-8-11-18/h4-5,13,17H,3,6-12H2,1-2H3. The van der Waals surface area contributed by atoms with E-state index in [1.54, 1.807) is 6.07 Å². The molecule has 0 unspecified atom stereocenters. The third-order valence-electron chi connectivity index (χ3n) is 3.93. The van der Waals surface area contributed by atoms with Crippen molar-refractivity contribution in [3.63, 3.8) is 0 Å². The molecule has 1 aromatic rings. The smallest absolute Gasteiger partial charge is 0.178 e. The van der Waals surface area contributed by atoms with E-state index in [4.69, 9.17) is 0 Å². The second kappa shape index (κ2) is 7.38. The lowest BCUT2D eigenvalue weighted by Crippen LogP contribution is -2.44. The topological polar surface area (TPSA) is 49.4 Å². The number of nitrogens with zero attached hydrogens (tertiary/aromatic N) is 1. The third-order valence-corrected chi connectivity index (χ3v) is 5.94. The minimum atomic E-state index is -3.14. The van der Waals surface area contributed by atoms with Gasteiger partial charge in [0.1, 0.15) is 0 Å². The summed E-state index contributed by atoms with van der Waals surface area (Å²) in [6.07, 6.45) is 1.47. The summed E-state index contributed by atoms with van der Waals surface area (Å²) in [5.74, 6) is 0.233. The van der Waals surface area contributed by atoms with Crippen molar-refractivity contribution in [2.24, 2.45) is 0 Å². The Morgan fingerprint density at radius 2 is 1.95 bits per heavy atom. The Balaban J connectivity index is 2.15. The number of hydrogen-bond acceptors (Lipinski definition) is 4. The fourth-order valence-electron chi connectivity index (χ4n) is 2.80. The van der Waals surface area contributed by atoms with Crippen molar-refractivity contribution in [1.82, 2.24) is 10.2 Å². The van der Waals surface area contributed by atoms with Gasteiger partial charge in [0, 0.05) is 32.7 Å². The zero-order valence-corrected chi connectivity index (χ0v) is 13.9. The molecule has 1 fully saturated rings. The molecule has 0 atom stereocenters. The summed E-state index contributed by atoms with van der Waals surface area (Å²) in [7, 11) is -3.14. The molecule has 0 amide bonds. The van der Waals surface area contributed by atoms with Gasteiger partial charge >= 0.3 is 0 Å². The maximum absolute atomic E-state index is 12.4. The van der Waals surface area contributed by atoms with E-state index in [1.807, 2.05) is 26.0 Å². The lowest BCUT2D eigenvalue weighted by molar-refractivity contribution is 0.243. The average molecular weight is 310 g/mol. The first-order valence-electron chi connectivity index (χ1n) is 7.78. The van der Waals surface area contributed by atoms with Crippen molar-refractivity contribution in [3.8, 4) is 0 Å². The summed E-state index contributed by atoms with van der Waals surface area (Å²) in [6, 6.07) is 5.72. The molecule has 2 rings (SSSR count). The van der Waals surface area contributed by atoms with E-state index < -0.39 is 9.84 Å². The van der Waals surface area contributed by atoms with Crippen LogP contribution >= 0.6 is 0 Å². The first-order valence-corrected chi connectivity index (χ1v) is 9.43. The summed E-state index contributed by atoms with van der Waals surface area (Å²) >= 11 is 0. The van der Waals surface area contributed by atoms with E-state index in [-0.39, 0.29) is 5.75 Å². The SMILES string of the molecule is CCCS(=O)(=O)c1ccc(C)cc1CCN1CCNCC1. The van der Waals surface area contributed by atoms with Gasteiger partial charge in [0.05, 0.1) is 10.6 Å². The van der Waals surface area contributed by atoms with Gasteiger partial charge in [-0.25, -0.2) is 8.42 Å². The van der Waals surface area contributed by atoms with E-state index in [2.05, 4.69) is 10.2 Å². The van der Waals surface area contributed by atoms with Crippen LogP contribution in [-0.4, -0.2) is 51.8 Å². The van der Waals surface area contributed by atoms with Crippen molar-refractivity contribution < 1.29 is 8.42 Å². The molecule has 1 N–H and O–H groups in total. The first kappa shape index (κ1) is 16.5. The highest BCUT2D eigenvalue weighted by atomic mass is 32.2. The Hall–Kier alpha value is -0.910. The molecule has 0 bridgehead atoms. The molecule has 0 aromatic heterocycles. The molecule has 1 aromatic carbocycles. The number of sulfone groups is 1. The number of benzene rings is 1. The highest BCUT2D eigenvalue weighted by Crippen LogP contribution is 2.20. The van der Waals surface area contributed by atoms with Crippen LogP contribution in [0.25, 0.3) is 0 Å². The van der Waals surface area contributed by atoms with Crippen LogP contribution in [-0.2, 0) is 16.3 Å². The van der Waals surface area contributed by atoms with Gasteiger partial charge in [-0.3, -0.25) is 0 Å². The van der Waals surface area contributed by atoms with Gasteiger partial charge in [0.15, 0.2) is 9.84 Å². The molecule has 1 saturated heterocycles. The van der Waals surface area contributed by atoms with E-state index in [1.165, 1.54) is 0 Å². The Morgan fingerprint density at radius 1 is 1.24 bits per heavy atom. The van der Waals surface area contributed by atoms with Crippen LogP contribution in [0.4, 0.5) is 0 Å². The van der Waals surface area contributed by atoms with Gasteiger partial charge < -0.3 is 10.2 Å². The van der Waals surface area contributed by atoms with Crippen molar-refractivity contribution >= 4 is 9.84 Å². The Labute approximate surface area is 128 Å². The summed E-state index contributed by atoms with van der Waals surface area (Å²) in [5.41, 5.74) is 2.10. The van der Waals surface area contributed by atoms with Crippen LogP contribution in [0.1, 0.15) is 24.5 Å². The Kier molecular flexibility index (Phi) is 5.79. The molecule has 1 aliphatic rings. The van der Waals surface area contributed by atoms with Crippen molar-refractivity contribution in [3.05, 3.63) is 29.3 Å². The van der Waals surface area contributed by atoms with Gasteiger partial charge in [0.2, 0.25) is 0 Å². The number of rotatable bonds is 6. The predicted octanol–water partition coefficient (Wildman–Crippen LogP) is 1.63. The minimum Gasteiger partial charge on any atom is -0.314 e. The molecule has 118 valence electrons. The van der Waals surface area contributed by atoms with E-state index >= 15 is 0 Å². The largest absolute Gasteiger partial charge is 0.314 e. The van der Waals surface area contributed by atoms with Crippen LogP contribution < -0.4 is 5.32 Å². The normalized spacial score (nSPS) is 17.0. The van der Waals surface area contributed by atoms with E-state index in [0.29, 0.717) is 11.3 Å². The van der Waals surface area contributed by atoms with Crippen molar-refractivity contribution in [2.75, 3.05) is 38.5 Å². The fourth-order valence-corrected chi connectivity index (χ4v) is 4.39. The molecule has 21 heavy (non-hydrogen) atoms. The van der Waals surface area contributed by atoms with Crippen LogP contribution in [0, 0.1) is 6.92 Å². The predicted molar refractivity (Wildman–Crippen MR) is 86.5 cm³/mol. The second-order valence-electron chi connectivity index (χ2n) is 5.77.